The molecule has 0 radical (unpaired) electrons. The van der Waals surface area contributed by atoms with E-state index in [2.05, 4.69) is 0 Å². The molecule has 4 aliphatic carbocycles. The fourth-order valence-corrected chi connectivity index (χ4v) is 9.78. The number of epoxide rings is 1. The summed E-state index contributed by atoms with van der Waals surface area (Å²) in [5.41, 5.74) is -7.09. The SMILES string of the molecule is CC1=C(C)C(=O)OC([C@](C)(O)[C@]2(O)CC[C@@]3(O)[C@@H]4CC5O[C@]56C(O)C(O)CC(=O)[C@]6(C)[C@H]4CC[C@]23C)C1. The lowest BCUT2D eigenvalue weighted by atomic mass is 9.41. The van der Waals surface area contributed by atoms with Crippen molar-refractivity contribution >= 4 is 11.8 Å². The van der Waals surface area contributed by atoms with E-state index in [0.29, 0.717) is 31.3 Å². The number of rotatable bonds is 2. The van der Waals surface area contributed by atoms with Gasteiger partial charge >= 0.3 is 5.97 Å². The summed E-state index contributed by atoms with van der Waals surface area (Å²) in [7, 11) is 0. The van der Waals surface area contributed by atoms with Gasteiger partial charge in [-0.25, -0.2) is 4.79 Å². The molecule has 4 saturated carbocycles. The van der Waals surface area contributed by atoms with Crippen LogP contribution in [0, 0.1) is 22.7 Å². The zero-order chi connectivity index (χ0) is 27.1. The maximum atomic E-state index is 13.5. The average molecular weight is 521 g/mol. The summed E-state index contributed by atoms with van der Waals surface area (Å²) in [5.74, 6) is -1.40. The minimum atomic E-state index is -1.84. The first-order valence-corrected chi connectivity index (χ1v) is 13.6. The maximum Gasteiger partial charge on any atom is 0.334 e. The molecule has 5 N–H and O–H groups in total. The third-order valence-corrected chi connectivity index (χ3v) is 12.5. The molecule has 4 unspecified atom stereocenters. The summed E-state index contributed by atoms with van der Waals surface area (Å²) in [4.78, 5) is 26.0. The highest BCUT2D eigenvalue weighted by molar-refractivity contribution is 5.90. The van der Waals surface area contributed by atoms with Crippen molar-refractivity contribution in [2.24, 2.45) is 22.7 Å². The van der Waals surface area contributed by atoms with Crippen LogP contribution in [0.1, 0.15) is 79.6 Å². The number of ether oxygens (including phenoxy) is 2. The van der Waals surface area contributed by atoms with E-state index in [0.717, 1.165) is 5.57 Å². The minimum absolute atomic E-state index is 0.106. The van der Waals surface area contributed by atoms with Crippen molar-refractivity contribution in [2.45, 2.75) is 126 Å². The number of aliphatic hydroxyl groups excluding tert-OH is 2. The van der Waals surface area contributed by atoms with E-state index >= 15 is 0 Å². The largest absolute Gasteiger partial charge is 0.455 e. The van der Waals surface area contributed by atoms with Crippen LogP contribution in [0.15, 0.2) is 11.1 Å². The van der Waals surface area contributed by atoms with E-state index in [1.165, 1.54) is 6.92 Å². The fraction of sp³-hybridized carbons (Fsp3) is 0.857. The van der Waals surface area contributed by atoms with Gasteiger partial charge in [0.25, 0.3) is 0 Å². The van der Waals surface area contributed by atoms with E-state index in [1.54, 1.807) is 6.92 Å². The summed E-state index contributed by atoms with van der Waals surface area (Å²) in [5, 5.41) is 58.1. The summed E-state index contributed by atoms with van der Waals surface area (Å²) < 4.78 is 11.7. The van der Waals surface area contributed by atoms with Crippen LogP contribution in [-0.2, 0) is 19.1 Å². The first-order valence-electron chi connectivity index (χ1n) is 13.6. The number of Topliss-reactive ketones (excluding diaryl/α,β-unsaturated/α-hetero) is 1. The summed E-state index contributed by atoms with van der Waals surface area (Å²) >= 11 is 0. The molecule has 1 saturated heterocycles. The van der Waals surface area contributed by atoms with Crippen molar-refractivity contribution < 1.29 is 44.6 Å². The van der Waals surface area contributed by atoms with Crippen LogP contribution in [0.4, 0.5) is 0 Å². The highest BCUT2D eigenvalue weighted by Crippen LogP contribution is 2.75. The van der Waals surface area contributed by atoms with Crippen LogP contribution in [0.25, 0.3) is 0 Å². The molecule has 37 heavy (non-hydrogen) atoms. The Morgan fingerprint density at radius 2 is 1.68 bits per heavy atom. The first-order chi connectivity index (χ1) is 17.0. The minimum Gasteiger partial charge on any atom is -0.455 e. The quantitative estimate of drug-likeness (QED) is 0.264. The van der Waals surface area contributed by atoms with Crippen LogP contribution in [-0.4, -0.2) is 84.1 Å². The van der Waals surface area contributed by atoms with Gasteiger partial charge in [-0.15, -0.1) is 0 Å². The van der Waals surface area contributed by atoms with Gasteiger partial charge in [-0.1, -0.05) is 12.5 Å². The normalized spacial score (nSPS) is 56.5. The van der Waals surface area contributed by atoms with E-state index in [-0.39, 0.29) is 31.0 Å². The maximum absolute atomic E-state index is 13.5. The molecule has 0 amide bonds. The van der Waals surface area contributed by atoms with E-state index in [1.807, 2.05) is 20.8 Å². The fourth-order valence-electron chi connectivity index (χ4n) is 9.78. The number of esters is 1. The van der Waals surface area contributed by atoms with Gasteiger partial charge in [-0.05, 0) is 71.6 Å². The Labute approximate surface area is 216 Å². The van der Waals surface area contributed by atoms with Gasteiger partial charge in [-0.2, -0.15) is 0 Å². The van der Waals surface area contributed by atoms with Crippen molar-refractivity contribution in [1.29, 1.82) is 0 Å². The lowest BCUT2D eigenvalue weighted by Crippen LogP contribution is -2.74. The average Bonchev–Trinajstić information content (AvgIpc) is 3.52. The Balaban J connectivity index is 1.38. The molecule has 0 bridgehead atoms. The molecule has 0 aromatic heterocycles. The van der Waals surface area contributed by atoms with Crippen molar-refractivity contribution in [2.75, 3.05) is 0 Å². The van der Waals surface area contributed by atoms with Gasteiger partial charge in [-0.3, -0.25) is 4.79 Å². The molecule has 6 rings (SSSR count). The number of carbonyl (C=O) groups is 2. The predicted octanol–water partition coefficient (Wildman–Crippen LogP) is 0.920. The Hall–Kier alpha value is -1.36. The van der Waals surface area contributed by atoms with Crippen molar-refractivity contribution in [3.63, 3.8) is 0 Å². The van der Waals surface area contributed by atoms with Crippen molar-refractivity contribution in [1.82, 2.24) is 0 Å². The second kappa shape index (κ2) is 7.23. The second-order valence-corrected chi connectivity index (χ2v) is 13.5. The van der Waals surface area contributed by atoms with Crippen LogP contribution in [0.5, 0.6) is 0 Å². The predicted molar refractivity (Wildman–Crippen MR) is 129 cm³/mol. The van der Waals surface area contributed by atoms with E-state index in [4.69, 9.17) is 9.47 Å². The molecule has 9 heteroatoms. The van der Waals surface area contributed by atoms with E-state index in [9.17, 15) is 35.1 Å². The highest BCUT2D eigenvalue weighted by Gasteiger charge is 2.85. The molecule has 2 aliphatic heterocycles. The molecule has 5 fully saturated rings. The van der Waals surface area contributed by atoms with Gasteiger partial charge in [0.1, 0.15) is 34.8 Å². The lowest BCUT2D eigenvalue weighted by Gasteiger charge is -2.64. The molecule has 2 heterocycles. The number of fused-ring (bicyclic) bond motifs is 4. The third-order valence-electron chi connectivity index (χ3n) is 12.5. The smallest absolute Gasteiger partial charge is 0.334 e. The summed E-state index contributed by atoms with van der Waals surface area (Å²) in [6, 6.07) is 0. The molecule has 1 spiro atoms. The number of hydrogen-bond acceptors (Lipinski definition) is 9. The van der Waals surface area contributed by atoms with Gasteiger partial charge in [0, 0.05) is 23.8 Å². The molecule has 0 aromatic carbocycles. The summed E-state index contributed by atoms with van der Waals surface area (Å²) in [6.45, 7) is 8.62. The standard InChI is InChI=1S/C28H40O9/c1-13-10-19(36-22(32)14(13)2)25(5,33)27(35)9-8-26(34)16-11-20-28(37-20)21(31)17(29)12-18(30)24(28,4)15(16)6-7-23(26,27)3/h15-17,19-21,29,31,33-35H,6-12H2,1-5H3/t15-,16+,17?,19?,20?,21?,23-,24-,25-,26+,27-,28-/m0/s1. The van der Waals surface area contributed by atoms with Gasteiger partial charge in [0.05, 0.1) is 23.2 Å². The van der Waals surface area contributed by atoms with Crippen LogP contribution < -0.4 is 0 Å². The Morgan fingerprint density at radius 3 is 2.32 bits per heavy atom. The summed E-state index contributed by atoms with van der Waals surface area (Å²) in [6.07, 6.45) is -2.16. The van der Waals surface area contributed by atoms with Gasteiger partial charge in [0.15, 0.2) is 0 Å². The zero-order valence-electron chi connectivity index (χ0n) is 22.3. The number of ketones is 1. The van der Waals surface area contributed by atoms with Crippen LogP contribution >= 0.6 is 0 Å². The highest BCUT2D eigenvalue weighted by atomic mass is 16.6. The molecule has 6 aliphatic rings. The Bertz CT molecular complexity index is 1110. The van der Waals surface area contributed by atoms with Crippen molar-refractivity contribution in [3.8, 4) is 0 Å². The lowest BCUT2D eigenvalue weighted by molar-refractivity contribution is -0.284. The number of carbonyl (C=O) groups excluding carboxylic acids is 2. The number of aliphatic hydroxyl groups is 5. The Morgan fingerprint density at radius 1 is 1.00 bits per heavy atom. The zero-order valence-corrected chi connectivity index (χ0v) is 22.3. The first kappa shape index (κ1) is 25.9. The Kier molecular flexibility index (Phi) is 5.06. The topological polar surface area (TPSA) is 157 Å². The molecule has 206 valence electrons. The molecule has 0 aromatic rings. The van der Waals surface area contributed by atoms with Crippen LogP contribution in [0.3, 0.4) is 0 Å². The second-order valence-electron chi connectivity index (χ2n) is 13.5. The van der Waals surface area contributed by atoms with Gasteiger partial charge in [0.2, 0.25) is 0 Å². The van der Waals surface area contributed by atoms with Gasteiger partial charge < -0.3 is 35.0 Å². The van der Waals surface area contributed by atoms with E-state index < -0.39 is 69.5 Å². The number of cyclic esters (lactones) is 1. The number of hydrogen-bond donors (Lipinski definition) is 5. The van der Waals surface area contributed by atoms with Crippen LogP contribution in [0.2, 0.25) is 0 Å². The molecule has 9 nitrogen and oxygen atoms in total. The molecular formula is C28H40O9. The third kappa shape index (κ3) is 2.62. The van der Waals surface area contributed by atoms with Crippen molar-refractivity contribution in [3.05, 3.63) is 11.1 Å². The monoisotopic (exact) mass is 520 g/mol. The molecular weight excluding hydrogens is 480 g/mol. The molecule has 12 atom stereocenters.